The van der Waals surface area contributed by atoms with E-state index in [0.29, 0.717) is 38.5 Å². The fraction of sp³-hybridized carbons (Fsp3) is 0.312. The average molecular weight is 399 g/mol. The van der Waals surface area contributed by atoms with Crippen molar-refractivity contribution < 1.29 is 23.7 Å². The molecule has 0 spiro atoms. The first kappa shape index (κ1) is 18.2. The number of hydrogen-bond donors (Lipinski definition) is 2. The van der Waals surface area contributed by atoms with E-state index in [1.165, 1.54) is 21.3 Å². The van der Waals surface area contributed by atoms with Crippen LogP contribution in [0.1, 0.15) is 16.2 Å². The number of carbonyl (C=O) groups excluding carboxylic acids is 1. The van der Waals surface area contributed by atoms with Crippen molar-refractivity contribution in [3.8, 4) is 28.4 Å². The van der Waals surface area contributed by atoms with Gasteiger partial charge in [-0.25, -0.2) is 4.79 Å². The molecule has 0 aliphatic rings. The Morgan fingerprint density at radius 2 is 1.79 bits per heavy atom. The molecule has 2 aromatic rings. The molecule has 0 atom stereocenters. The van der Waals surface area contributed by atoms with E-state index < -0.39 is 5.97 Å². The van der Waals surface area contributed by atoms with Gasteiger partial charge in [0.15, 0.2) is 11.5 Å². The van der Waals surface area contributed by atoms with E-state index in [1.807, 2.05) is 6.07 Å². The maximum atomic E-state index is 11.9. The fourth-order valence-corrected chi connectivity index (χ4v) is 3.21. The first-order valence-corrected chi connectivity index (χ1v) is 7.81. The zero-order chi connectivity index (χ0) is 17.9. The van der Waals surface area contributed by atoms with E-state index in [2.05, 4.69) is 20.9 Å². The summed E-state index contributed by atoms with van der Waals surface area (Å²) in [6, 6.07) is 3.57. The number of halogens is 1. The van der Waals surface area contributed by atoms with Crippen LogP contribution in [0.5, 0.6) is 17.2 Å². The molecule has 24 heavy (non-hydrogen) atoms. The lowest BCUT2D eigenvalue weighted by molar-refractivity contribution is 0.0593. The molecule has 130 valence electrons. The van der Waals surface area contributed by atoms with Crippen LogP contribution in [0.25, 0.3) is 11.1 Å². The molecule has 0 saturated heterocycles. The normalized spacial score (nSPS) is 10.4. The van der Waals surface area contributed by atoms with Gasteiger partial charge in [-0.15, -0.1) is 0 Å². The van der Waals surface area contributed by atoms with E-state index >= 15 is 0 Å². The zero-order valence-corrected chi connectivity index (χ0v) is 15.4. The molecule has 0 bridgehead atoms. The van der Waals surface area contributed by atoms with Gasteiger partial charge in [0, 0.05) is 23.4 Å². The summed E-state index contributed by atoms with van der Waals surface area (Å²) in [5.41, 5.74) is 8.18. The van der Waals surface area contributed by atoms with Gasteiger partial charge in [0.25, 0.3) is 0 Å². The highest BCUT2D eigenvalue weighted by molar-refractivity contribution is 9.10. The standard InChI is InChI=1S/C16H19BrN2O5/c1-21-10-6-5-8(14(22-2)15(10)23-3)11-9(7-18)19-13(12(11)17)16(20)24-4/h5-6,19H,7,18H2,1-4H3. The highest BCUT2D eigenvalue weighted by Gasteiger charge is 2.26. The van der Waals surface area contributed by atoms with E-state index in [9.17, 15) is 4.79 Å². The third-order valence-corrected chi connectivity index (χ3v) is 4.38. The van der Waals surface area contributed by atoms with Crippen LogP contribution in [0.2, 0.25) is 0 Å². The van der Waals surface area contributed by atoms with Crippen LogP contribution in [0, 0.1) is 0 Å². The average Bonchev–Trinajstić information content (AvgIpc) is 2.95. The number of hydrogen-bond acceptors (Lipinski definition) is 6. The minimum absolute atomic E-state index is 0.197. The predicted octanol–water partition coefficient (Wildman–Crippen LogP) is 2.72. The minimum Gasteiger partial charge on any atom is -0.493 e. The molecular formula is C16H19BrN2O5. The van der Waals surface area contributed by atoms with Gasteiger partial charge in [-0.3, -0.25) is 0 Å². The Bertz CT molecular complexity index is 757. The number of H-pyrrole nitrogens is 1. The first-order chi connectivity index (χ1) is 11.5. The maximum absolute atomic E-state index is 11.9. The Labute approximate surface area is 148 Å². The molecule has 0 amide bonds. The number of nitrogens with one attached hydrogen (secondary N) is 1. The van der Waals surface area contributed by atoms with Crippen LogP contribution >= 0.6 is 15.9 Å². The van der Waals surface area contributed by atoms with Crippen molar-refractivity contribution in [1.29, 1.82) is 0 Å². The van der Waals surface area contributed by atoms with Crippen LogP contribution < -0.4 is 19.9 Å². The summed E-state index contributed by atoms with van der Waals surface area (Å²) in [7, 11) is 5.92. The third kappa shape index (κ3) is 2.94. The Morgan fingerprint density at radius 3 is 2.29 bits per heavy atom. The van der Waals surface area contributed by atoms with Gasteiger partial charge in [0.05, 0.1) is 32.9 Å². The Balaban J connectivity index is 2.77. The Kier molecular flexibility index (Phi) is 5.74. The van der Waals surface area contributed by atoms with Gasteiger partial charge in [-0.2, -0.15) is 0 Å². The number of nitrogens with two attached hydrogens (primary N) is 1. The number of ether oxygens (including phenoxy) is 4. The topological polar surface area (TPSA) is 95.8 Å². The van der Waals surface area contributed by atoms with Gasteiger partial charge < -0.3 is 29.7 Å². The molecule has 2 rings (SSSR count). The third-order valence-electron chi connectivity index (χ3n) is 3.58. The second-order valence-electron chi connectivity index (χ2n) is 4.75. The molecule has 1 aromatic carbocycles. The van der Waals surface area contributed by atoms with Crippen molar-refractivity contribution in [2.75, 3.05) is 28.4 Å². The smallest absolute Gasteiger partial charge is 0.355 e. The number of benzene rings is 1. The van der Waals surface area contributed by atoms with Crippen LogP contribution in [0.15, 0.2) is 16.6 Å². The summed E-state index contributed by atoms with van der Waals surface area (Å²) in [6.07, 6.45) is 0. The molecule has 0 aliphatic carbocycles. The van der Waals surface area contributed by atoms with Crippen LogP contribution in [0.4, 0.5) is 0 Å². The van der Waals surface area contributed by atoms with E-state index in [4.69, 9.17) is 24.7 Å². The number of carbonyl (C=O) groups is 1. The highest BCUT2D eigenvalue weighted by atomic mass is 79.9. The fourth-order valence-electron chi connectivity index (χ4n) is 2.50. The Hall–Kier alpha value is -2.19. The molecule has 7 nitrogen and oxygen atoms in total. The van der Waals surface area contributed by atoms with E-state index in [-0.39, 0.29) is 12.2 Å². The quantitative estimate of drug-likeness (QED) is 0.726. The van der Waals surface area contributed by atoms with Crippen molar-refractivity contribution >= 4 is 21.9 Å². The van der Waals surface area contributed by atoms with E-state index in [0.717, 1.165) is 0 Å². The van der Waals surface area contributed by atoms with Gasteiger partial charge in [0.2, 0.25) is 5.75 Å². The minimum atomic E-state index is -0.498. The number of esters is 1. The Morgan fingerprint density at radius 1 is 1.12 bits per heavy atom. The zero-order valence-electron chi connectivity index (χ0n) is 13.9. The van der Waals surface area contributed by atoms with Crippen LogP contribution in [0.3, 0.4) is 0 Å². The monoisotopic (exact) mass is 398 g/mol. The molecule has 0 radical (unpaired) electrons. The predicted molar refractivity (Wildman–Crippen MR) is 92.8 cm³/mol. The molecule has 1 aromatic heterocycles. The van der Waals surface area contributed by atoms with Gasteiger partial charge in [-0.05, 0) is 28.1 Å². The second kappa shape index (κ2) is 7.59. The number of methoxy groups -OCH3 is 4. The van der Waals surface area contributed by atoms with Crippen molar-refractivity contribution in [3.63, 3.8) is 0 Å². The van der Waals surface area contributed by atoms with Crippen molar-refractivity contribution in [1.82, 2.24) is 4.98 Å². The molecule has 0 aliphatic heterocycles. The maximum Gasteiger partial charge on any atom is 0.355 e. The summed E-state index contributed by atoms with van der Waals surface area (Å²) in [4.78, 5) is 14.9. The lowest BCUT2D eigenvalue weighted by atomic mass is 10.0. The summed E-state index contributed by atoms with van der Waals surface area (Å²) in [6.45, 7) is 0.197. The summed E-state index contributed by atoms with van der Waals surface area (Å²) in [5, 5.41) is 0. The largest absolute Gasteiger partial charge is 0.493 e. The molecular weight excluding hydrogens is 380 g/mol. The molecule has 0 fully saturated rings. The molecule has 3 N–H and O–H groups in total. The number of aromatic nitrogens is 1. The lowest BCUT2D eigenvalue weighted by Crippen LogP contribution is -2.03. The van der Waals surface area contributed by atoms with Gasteiger partial charge >= 0.3 is 5.97 Å². The van der Waals surface area contributed by atoms with Crippen LogP contribution in [-0.2, 0) is 11.3 Å². The van der Waals surface area contributed by atoms with Crippen molar-refractivity contribution in [2.24, 2.45) is 5.73 Å². The summed E-state index contributed by atoms with van der Waals surface area (Å²) >= 11 is 3.45. The van der Waals surface area contributed by atoms with Gasteiger partial charge in [0.1, 0.15) is 5.69 Å². The lowest BCUT2D eigenvalue weighted by Gasteiger charge is -2.16. The molecule has 1 heterocycles. The SMILES string of the molecule is COC(=O)c1[nH]c(CN)c(-c2ccc(OC)c(OC)c2OC)c1Br. The van der Waals surface area contributed by atoms with Crippen molar-refractivity contribution in [2.45, 2.75) is 6.54 Å². The van der Waals surface area contributed by atoms with E-state index in [1.54, 1.807) is 13.2 Å². The molecule has 0 saturated carbocycles. The van der Waals surface area contributed by atoms with Crippen LogP contribution in [-0.4, -0.2) is 39.4 Å². The summed E-state index contributed by atoms with van der Waals surface area (Å²) < 4.78 is 21.6. The first-order valence-electron chi connectivity index (χ1n) is 7.02. The number of aromatic amines is 1. The second-order valence-corrected chi connectivity index (χ2v) is 5.54. The summed E-state index contributed by atoms with van der Waals surface area (Å²) in [5.74, 6) is 0.963. The van der Waals surface area contributed by atoms with Crippen molar-refractivity contribution in [3.05, 3.63) is 28.0 Å². The number of rotatable bonds is 6. The van der Waals surface area contributed by atoms with Gasteiger partial charge in [-0.1, -0.05) is 0 Å². The molecule has 0 unspecified atom stereocenters. The highest BCUT2D eigenvalue weighted by Crippen LogP contribution is 2.47. The molecule has 8 heteroatoms.